The van der Waals surface area contributed by atoms with Crippen molar-refractivity contribution in [1.82, 2.24) is 14.7 Å². The van der Waals surface area contributed by atoms with Crippen LogP contribution >= 0.6 is 0 Å². The maximum atomic E-state index is 12.0. The summed E-state index contributed by atoms with van der Waals surface area (Å²) in [7, 11) is 3.78. The van der Waals surface area contributed by atoms with E-state index in [9.17, 15) is 9.59 Å². The van der Waals surface area contributed by atoms with Crippen LogP contribution in [0, 0.1) is 0 Å². The minimum absolute atomic E-state index is 0.209. The zero-order valence-corrected chi connectivity index (χ0v) is 11.1. The molecule has 0 bridgehead atoms. The Bertz CT molecular complexity index is 252. The first-order chi connectivity index (χ1) is 7.92. The number of hydrogen-bond donors (Lipinski definition) is 1. The average Bonchev–Trinajstić information content (AvgIpc) is 2.25. The number of likely N-dealkylation sites (N-methyl/N-ethyl adjacent to an activating group) is 1. The molecule has 0 unspecified atom stereocenters. The van der Waals surface area contributed by atoms with Gasteiger partial charge in [-0.2, -0.15) is 0 Å². The van der Waals surface area contributed by atoms with Gasteiger partial charge >= 0.3 is 12.0 Å². The third-order valence-electron chi connectivity index (χ3n) is 2.45. The highest BCUT2D eigenvalue weighted by Crippen LogP contribution is 1.99. The molecular formula is C11H23N3O3. The molecule has 17 heavy (non-hydrogen) atoms. The Balaban J connectivity index is 4.54. The number of carboxylic acid groups (broad SMARTS) is 1. The van der Waals surface area contributed by atoms with Crippen molar-refractivity contribution in [2.45, 2.75) is 13.8 Å². The molecule has 0 rings (SSSR count). The fourth-order valence-corrected chi connectivity index (χ4v) is 1.42. The highest BCUT2D eigenvalue weighted by Gasteiger charge is 2.20. The number of urea groups is 1. The summed E-state index contributed by atoms with van der Waals surface area (Å²) in [6.45, 7) is 5.78. The number of carbonyl (C=O) groups is 2. The lowest BCUT2D eigenvalue weighted by Gasteiger charge is -2.29. The molecule has 0 aliphatic carbocycles. The van der Waals surface area contributed by atoms with Gasteiger partial charge in [-0.25, -0.2) is 4.79 Å². The fraction of sp³-hybridized carbons (Fsp3) is 0.818. The predicted octanol–water partition coefficient (Wildman–Crippen LogP) is 0.396. The molecule has 0 saturated heterocycles. The van der Waals surface area contributed by atoms with Gasteiger partial charge in [-0.15, -0.1) is 0 Å². The van der Waals surface area contributed by atoms with E-state index in [1.54, 1.807) is 4.90 Å². The van der Waals surface area contributed by atoms with Crippen molar-refractivity contribution < 1.29 is 14.7 Å². The lowest BCUT2D eigenvalue weighted by molar-refractivity contribution is -0.137. The molecule has 100 valence electrons. The molecule has 0 spiro atoms. The van der Waals surface area contributed by atoms with Crippen molar-refractivity contribution in [3.05, 3.63) is 0 Å². The molecule has 6 nitrogen and oxygen atoms in total. The number of aliphatic carboxylic acids is 1. The Morgan fingerprint density at radius 3 is 1.88 bits per heavy atom. The van der Waals surface area contributed by atoms with Gasteiger partial charge in [0.05, 0.1) is 0 Å². The van der Waals surface area contributed by atoms with Crippen molar-refractivity contribution in [1.29, 1.82) is 0 Å². The van der Waals surface area contributed by atoms with Gasteiger partial charge in [0.1, 0.15) is 6.54 Å². The van der Waals surface area contributed by atoms with Gasteiger partial charge in [0.2, 0.25) is 0 Å². The highest BCUT2D eigenvalue weighted by molar-refractivity contribution is 5.80. The summed E-state index contributed by atoms with van der Waals surface area (Å²) in [6, 6.07) is -0.209. The maximum Gasteiger partial charge on any atom is 0.323 e. The molecule has 0 heterocycles. The highest BCUT2D eigenvalue weighted by atomic mass is 16.4. The summed E-state index contributed by atoms with van der Waals surface area (Å²) < 4.78 is 0. The van der Waals surface area contributed by atoms with Gasteiger partial charge in [0.15, 0.2) is 0 Å². The molecule has 0 aromatic heterocycles. The summed E-state index contributed by atoms with van der Waals surface area (Å²) in [5.74, 6) is -0.982. The lowest BCUT2D eigenvalue weighted by atomic mass is 10.4. The largest absolute Gasteiger partial charge is 0.480 e. The van der Waals surface area contributed by atoms with Gasteiger partial charge in [-0.1, -0.05) is 0 Å². The van der Waals surface area contributed by atoms with Crippen LogP contribution in [0.3, 0.4) is 0 Å². The Morgan fingerprint density at radius 1 is 1.00 bits per heavy atom. The number of amides is 2. The molecule has 0 radical (unpaired) electrons. The van der Waals surface area contributed by atoms with Crippen LogP contribution in [0.15, 0.2) is 0 Å². The zero-order chi connectivity index (χ0) is 13.4. The summed E-state index contributed by atoms with van der Waals surface area (Å²) in [5, 5.41) is 8.80. The standard InChI is InChI=1S/C11H23N3O3/c1-5-13(6-2)11(17)14(9-10(15)16)8-7-12(3)4/h5-9H2,1-4H3,(H,15,16). The van der Waals surface area contributed by atoms with Crippen LogP contribution in [0.1, 0.15) is 13.8 Å². The first-order valence-electron chi connectivity index (χ1n) is 5.82. The number of hydrogen-bond acceptors (Lipinski definition) is 3. The predicted molar refractivity (Wildman–Crippen MR) is 66.1 cm³/mol. The van der Waals surface area contributed by atoms with Crippen LogP contribution in [0.25, 0.3) is 0 Å². The van der Waals surface area contributed by atoms with Crippen LogP contribution in [0.4, 0.5) is 4.79 Å². The number of carbonyl (C=O) groups excluding carboxylic acids is 1. The quantitative estimate of drug-likeness (QED) is 0.705. The van der Waals surface area contributed by atoms with Crippen LogP contribution in [0.5, 0.6) is 0 Å². The lowest BCUT2D eigenvalue weighted by Crippen LogP contribution is -2.47. The molecule has 0 saturated carbocycles. The first-order valence-corrected chi connectivity index (χ1v) is 5.82. The molecular weight excluding hydrogens is 222 g/mol. The number of carboxylic acids is 1. The molecule has 0 aromatic rings. The molecule has 1 N–H and O–H groups in total. The van der Waals surface area contributed by atoms with Gasteiger partial charge in [-0.3, -0.25) is 4.79 Å². The summed E-state index contributed by atoms with van der Waals surface area (Å²) in [5.41, 5.74) is 0. The number of nitrogens with zero attached hydrogens (tertiary/aromatic N) is 3. The van der Waals surface area contributed by atoms with Gasteiger partial charge in [-0.05, 0) is 27.9 Å². The molecule has 0 aliphatic rings. The van der Waals surface area contributed by atoms with Gasteiger partial charge in [0.25, 0.3) is 0 Å². The van der Waals surface area contributed by atoms with E-state index in [2.05, 4.69) is 0 Å². The number of rotatable bonds is 7. The van der Waals surface area contributed by atoms with E-state index in [1.165, 1.54) is 4.90 Å². The van der Waals surface area contributed by atoms with E-state index in [0.29, 0.717) is 26.2 Å². The van der Waals surface area contributed by atoms with Gasteiger partial charge in [0, 0.05) is 26.2 Å². The monoisotopic (exact) mass is 245 g/mol. The molecule has 0 aromatic carbocycles. The zero-order valence-electron chi connectivity index (χ0n) is 11.1. The van der Waals surface area contributed by atoms with E-state index in [0.717, 1.165) is 0 Å². The molecule has 0 atom stereocenters. The Morgan fingerprint density at radius 2 is 1.53 bits per heavy atom. The maximum absolute atomic E-state index is 12.0. The van der Waals surface area contributed by atoms with E-state index in [1.807, 2.05) is 32.8 Å². The topological polar surface area (TPSA) is 64.1 Å². The minimum atomic E-state index is -0.982. The van der Waals surface area contributed by atoms with E-state index in [-0.39, 0.29) is 12.6 Å². The van der Waals surface area contributed by atoms with Crippen molar-refractivity contribution >= 4 is 12.0 Å². The Kier molecular flexibility index (Phi) is 7.29. The second kappa shape index (κ2) is 7.89. The fourth-order valence-electron chi connectivity index (χ4n) is 1.42. The van der Waals surface area contributed by atoms with Crippen molar-refractivity contribution in [3.63, 3.8) is 0 Å². The Labute approximate surface area is 103 Å². The smallest absolute Gasteiger partial charge is 0.323 e. The van der Waals surface area contributed by atoms with Crippen molar-refractivity contribution in [3.8, 4) is 0 Å². The molecule has 2 amide bonds. The van der Waals surface area contributed by atoms with E-state index in [4.69, 9.17) is 5.11 Å². The summed E-state index contributed by atoms with van der Waals surface area (Å²) in [6.07, 6.45) is 0. The molecule has 0 aliphatic heterocycles. The summed E-state index contributed by atoms with van der Waals surface area (Å²) >= 11 is 0. The van der Waals surface area contributed by atoms with E-state index < -0.39 is 5.97 Å². The molecule has 0 fully saturated rings. The third-order valence-corrected chi connectivity index (χ3v) is 2.45. The van der Waals surface area contributed by atoms with Gasteiger partial charge < -0.3 is 19.8 Å². The molecule has 6 heteroatoms. The van der Waals surface area contributed by atoms with Crippen LogP contribution in [-0.2, 0) is 4.79 Å². The van der Waals surface area contributed by atoms with Crippen LogP contribution < -0.4 is 0 Å². The average molecular weight is 245 g/mol. The van der Waals surface area contributed by atoms with Crippen LogP contribution in [-0.4, -0.2) is 78.6 Å². The summed E-state index contributed by atoms with van der Waals surface area (Å²) in [4.78, 5) is 27.7. The van der Waals surface area contributed by atoms with Crippen molar-refractivity contribution in [2.24, 2.45) is 0 Å². The first kappa shape index (κ1) is 15.7. The third kappa shape index (κ3) is 6.11. The van der Waals surface area contributed by atoms with E-state index >= 15 is 0 Å². The SMILES string of the molecule is CCN(CC)C(=O)N(CCN(C)C)CC(=O)O. The van der Waals surface area contributed by atoms with Crippen LogP contribution in [0.2, 0.25) is 0 Å². The second-order valence-corrected chi connectivity index (χ2v) is 4.07. The minimum Gasteiger partial charge on any atom is -0.480 e. The Hall–Kier alpha value is -1.30. The van der Waals surface area contributed by atoms with Crippen molar-refractivity contribution in [2.75, 3.05) is 46.8 Å². The second-order valence-electron chi connectivity index (χ2n) is 4.07. The normalized spacial score (nSPS) is 10.4.